The van der Waals surface area contributed by atoms with Crippen LogP contribution in [0.2, 0.25) is 0 Å². The first kappa shape index (κ1) is 14.9. The molecule has 2 aromatic heterocycles. The van der Waals surface area contributed by atoms with Crippen molar-refractivity contribution in [2.24, 2.45) is 0 Å². The Morgan fingerprint density at radius 1 is 1.33 bits per heavy atom. The lowest BCUT2D eigenvalue weighted by atomic mass is 10.4. The fourth-order valence-corrected chi connectivity index (χ4v) is 5.43. The minimum absolute atomic E-state index is 0.240. The number of nitrogens with zero attached hydrogens (tertiary/aromatic N) is 2. The van der Waals surface area contributed by atoms with E-state index in [1.165, 1.54) is 42.9 Å². The van der Waals surface area contributed by atoms with E-state index in [4.69, 9.17) is 0 Å². The van der Waals surface area contributed by atoms with Gasteiger partial charge in [0.1, 0.15) is 11.2 Å². The maximum absolute atomic E-state index is 12.4. The fraction of sp³-hybridized carbons (Fsp3) is 0.333. The van der Waals surface area contributed by atoms with Gasteiger partial charge in [-0.05, 0) is 34.8 Å². The third-order valence-corrected chi connectivity index (χ3v) is 6.58. The largest absolute Gasteiger partial charge is 0.309 e. The van der Waals surface area contributed by atoms with Crippen molar-refractivity contribution in [3.8, 4) is 0 Å². The van der Waals surface area contributed by atoms with E-state index in [0.717, 1.165) is 4.88 Å². The van der Waals surface area contributed by atoms with Crippen molar-refractivity contribution in [1.82, 2.24) is 15.3 Å². The lowest BCUT2D eigenvalue weighted by Gasteiger charge is -2.05. The molecule has 0 aliphatic heterocycles. The molecule has 21 heavy (non-hydrogen) atoms. The highest BCUT2D eigenvalue weighted by Gasteiger charge is 2.23. The molecule has 9 heteroatoms. The molecule has 2 N–H and O–H groups in total. The van der Waals surface area contributed by atoms with E-state index in [9.17, 15) is 8.42 Å². The molecule has 0 spiro atoms. The molecule has 2 aromatic rings. The van der Waals surface area contributed by atoms with Crippen LogP contribution in [0.5, 0.6) is 0 Å². The Hall–Kier alpha value is -1.03. The summed E-state index contributed by atoms with van der Waals surface area (Å²) in [4.78, 5) is 8.80. The molecule has 3 rings (SSSR count). The summed E-state index contributed by atoms with van der Waals surface area (Å²) in [5.74, 6) is 0. The molecular weight excluding hydrogens is 376 g/mol. The maximum Gasteiger partial charge on any atom is 0.263 e. The van der Waals surface area contributed by atoms with Gasteiger partial charge in [-0.25, -0.2) is 18.4 Å². The Kier molecular flexibility index (Phi) is 4.25. The first-order valence-corrected chi connectivity index (χ1v) is 9.43. The molecule has 0 aromatic carbocycles. The molecular formula is C12H13BrN4O2S2. The number of aromatic nitrogens is 2. The molecule has 6 nitrogen and oxygen atoms in total. The molecule has 0 radical (unpaired) electrons. The van der Waals surface area contributed by atoms with Crippen LogP contribution >= 0.6 is 27.3 Å². The standard InChI is InChI=1S/C12H13BrN4O2S2/c13-12-11(3-10(20-12)6-16-8-1-2-8)21(18,19)17-9-4-14-7-15-5-9/h3-5,7-8,16-17H,1-2,6H2. The number of rotatable bonds is 6. The molecule has 0 bridgehead atoms. The summed E-state index contributed by atoms with van der Waals surface area (Å²) in [6, 6.07) is 2.28. The van der Waals surface area contributed by atoms with Gasteiger partial charge in [0.05, 0.1) is 21.9 Å². The quantitative estimate of drug-likeness (QED) is 0.793. The average Bonchev–Trinajstić information content (AvgIpc) is 3.19. The lowest BCUT2D eigenvalue weighted by molar-refractivity contribution is 0.601. The third kappa shape index (κ3) is 3.79. The van der Waals surface area contributed by atoms with Crippen molar-refractivity contribution in [1.29, 1.82) is 0 Å². The Balaban J connectivity index is 1.77. The second-order valence-corrected chi connectivity index (χ2v) is 8.84. The Morgan fingerprint density at radius 2 is 2.05 bits per heavy atom. The summed E-state index contributed by atoms with van der Waals surface area (Å²) in [6.07, 6.45) is 6.58. The van der Waals surface area contributed by atoms with Gasteiger partial charge in [0.15, 0.2) is 0 Å². The van der Waals surface area contributed by atoms with E-state index in [1.54, 1.807) is 6.07 Å². The first-order chi connectivity index (χ1) is 10.0. The van der Waals surface area contributed by atoms with Crippen molar-refractivity contribution >= 4 is 43.0 Å². The fourth-order valence-electron chi connectivity index (χ4n) is 1.76. The second-order valence-electron chi connectivity index (χ2n) is 4.74. The third-order valence-electron chi connectivity index (χ3n) is 2.95. The minimum atomic E-state index is -3.64. The number of sulfonamides is 1. The Labute approximate surface area is 135 Å². The second kappa shape index (κ2) is 5.99. The average molecular weight is 389 g/mol. The van der Waals surface area contributed by atoms with Gasteiger partial charge in [0, 0.05) is 17.5 Å². The van der Waals surface area contributed by atoms with Gasteiger partial charge < -0.3 is 5.32 Å². The van der Waals surface area contributed by atoms with Gasteiger partial charge in [-0.2, -0.15) is 0 Å². The molecule has 1 fully saturated rings. The summed E-state index contributed by atoms with van der Waals surface area (Å²) >= 11 is 4.75. The van der Waals surface area contributed by atoms with Crippen molar-refractivity contribution in [2.75, 3.05) is 4.72 Å². The van der Waals surface area contributed by atoms with Crippen molar-refractivity contribution in [2.45, 2.75) is 30.3 Å². The van der Waals surface area contributed by atoms with Crippen LogP contribution in [0.3, 0.4) is 0 Å². The van der Waals surface area contributed by atoms with Gasteiger partial charge in [-0.1, -0.05) is 0 Å². The van der Waals surface area contributed by atoms with E-state index >= 15 is 0 Å². The summed E-state index contributed by atoms with van der Waals surface area (Å²) in [7, 11) is -3.64. The molecule has 1 aliphatic carbocycles. The summed E-state index contributed by atoms with van der Waals surface area (Å²) in [5, 5.41) is 3.37. The van der Waals surface area contributed by atoms with Crippen molar-refractivity contribution < 1.29 is 8.42 Å². The molecule has 0 unspecified atom stereocenters. The topological polar surface area (TPSA) is 84.0 Å². The molecule has 2 heterocycles. The number of hydrogen-bond acceptors (Lipinski definition) is 6. The van der Waals surface area contributed by atoms with Gasteiger partial charge in [0.25, 0.3) is 10.0 Å². The number of thiophene rings is 1. The maximum atomic E-state index is 12.4. The molecule has 112 valence electrons. The van der Waals surface area contributed by atoms with E-state index < -0.39 is 10.0 Å². The van der Waals surface area contributed by atoms with Crippen LogP contribution in [0.15, 0.2) is 33.5 Å². The molecule has 0 atom stereocenters. The number of anilines is 1. The van der Waals surface area contributed by atoms with E-state index in [-0.39, 0.29) is 4.90 Å². The smallest absolute Gasteiger partial charge is 0.263 e. The highest BCUT2D eigenvalue weighted by Crippen LogP contribution is 2.33. The van der Waals surface area contributed by atoms with Gasteiger partial charge in [0.2, 0.25) is 0 Å². The Morgan fingerprint density at radius 3 is 2.71 bits per heavy atom. The van der Waals surface area contributed by atoms with Crippen molar-refractivity contribution in [3.05, 3.63) is 33.5 Å². The normalized spacial score (nSPS) is 15.1. The van der Waals surface area contributed by atoms with Crippen LogP contribution in [-0.2, 0) is 16.6 Å². The molecule has 1 saturated carbocycles. The van der Waals surface area contributed by atoms with Crippen LogP contribution in [0, 0.1) is 0 Å². The SMILES string of the molecule is O=S(=O)(Nc1cncnc1)c1cc(CNC2CC2)sc1Br. The van der Waals surface area contributed by atoms with E-state index in [2.05, 4.69) is 35.9 Å². The van der Waals surface area contributed by atoms with Crippen LogP contribution in [-0.4, -0.2) is 24.4 Å². The van der Waals surface area contributed by atoms with Gasteiger partial charge in [-0.15, -0.1) is 11.3 Å². The predicted octanol–water partition coefficient (Wildman–Crippen LogP) is 2.35. The monoisotopic (exact) mass is 388 g/mol. The molecule has 0 saturated heterocycles. The minimum Gasteiger partial charge on any atom is -0.309 e. The zero-order valence-corrected chi connectivity index (χ0v) is 14.1. The molecule has 1 aliphatic rings. The molecule has 0 amide bonds. The summed E-state index contributed by atoms with van der Waals surface area (Å²) in [6.45, 7) is 0.692. The van der Waals surface area contributed by atoms with Gasteiger partial charge in [-0.3, -0.25) is 4.72 Å². The van der Waals surface area contributed by atoms with Gasteiger partial charge >= 0.3 is 0 Å². The summed E-state index contributed by atoms with van der Waals surface area (Å²) < 4.78 is 27.8. The first-order valence-electron chi connectivity index (χ1n) is 6.34. The Bertz CT molecular complexity index is 729. The highest BCUT2D eigenvalue weighted by molar-refractivity contribution is 9.11. The van der Waals surface area contributed by atoms with Crippen LogP contribution in [0.25, 0.3) is 0 Å². The highest BCUT2D eigenvalue weighted by atomic mass is 79.9. The van der Waals surface area contributed by atoms with E-state index in [1.807, 2.05) is 0 Å². The number of hydrogen-bond donors (Lipinski definition) is 2. The number of halogens is 1. The zero-order valence-electron chi connectivity index (χ0n) is 10.9. The number of nitrogens with one attached hydrogen (secondary N) is 2. The van der Waals surface area contributed by atoms with E-state index in [0.29, 0.717) is 22.1 Å². The predicted molar refractivity (Wildman–Crippen MR) is 84.7 cm³/mol. The summed E-state index contributed by atoms with van der Waals surface area (Å²) in [5.41, 5.74) is 0.341. The van der Waals surface area contributed by atoms with Crippen LogP contribution < -0.4 is 10.0 Å². The van der Waals surface area contributed by atoms with Crippen LogP contribution in [0.4, 0.5) is 5.69 Å². The zero-order chi connectivity index (χ0) is 14.9. The lowest BCUT2D eigenvalue weighted by Crippen LogP contribution is -2.15. The van der Waals surface area contributed by atoms with Crippen molar-refractivity contribution in [3.63, 3.8) is 0 Å². The van der Waals surface area contributed by atoms with Crippen LogP contribution in [0.1, 0.15) is 17.7 Å².